The molecule has 2 rings (SSSR count). The first-order valence-corrected chi connectivity index (χ1v) is 5.95. The highest BCUT2D eigenvalue weighted by Crippen LogP contribution is 2.19. The molecule has 5 nitrogen and oxygen atoms in total. The maximum absolute atomic E-state index is 13.7. The summed E-state index contributed by atoms with van der Waals surface area (Å²) in [6, 6.07) is 4.18. The predicted octanol–water partition coefficient (Wildman–Crippen LogP) is 1.95. The average Bonchev–Trinajstić information content (AvgIpc) is 2.34. The number of halogens is 2. The second kappa shape index (κ2) is 6.79. The topological polar surface area (TPSA) is 58.4 Å². The second-order valence-corrected chi connectivity index (χ2v) is 4.56. The number of hydrogen-bond donors (Lipinski definition) is 1. The first kappa shape index (κ1) is 15.8. The summed E-state index contributed by atoms with van der Waals surface area (Å²) in [4.78, 5) is 12.1. The average molecular weight is 290 g/mol. The van der Waals surface area contributed by atoms with Crippen LogP contribution in [-0.4, -0.2) is 35.5 Å². The molecule has 7 heteroatoms. The minimum atomic E-state index is -0.583. The van der Waals surface area contributed by atoms with Crippen LogP contribution in [0.4, 0.5) is 10.1 Å². The number of nitro benzene ring substituents is 1. The molecule has 1 atom stereocenters. The molecule has 0 aliphatic carbocycles. The fraction of sp³-hybridized carbons (Fsp3) is 0.500. The van der Waals surface area contributed by atoms with E-state index >= 15 is 0 Å². The molecule has 1 heterocycles. The van der Waals surface area contributed by atoms with E-state index in [2.05, 4.69) is 17.1 Å². The van der Waals surface area contributed by atoms with Gasteiger partial charge in [0.2, 0.25) is 0 Å². The monoisotopic (exact) mass is 289 g/mol. The summed E-state index contributed by atoms with van der Waals surface area (Å²) in [5, 5.41) is 13.8. The lowest BCUT2D eigenvalue weighted by Crippen LogP contribution is -2.49. The maximum atomic E-state index is 13.7. The van der Waals surface area contributed by atoms with E-state index in [1.54, 1.807) is 0 Å². The lowest BCUT2D eigenvalue weighted by Gasteiger charge is -2.33. The van der Waals surface area contributed by atoms with E-state index in [-0.39, 0.29) is 18.1 Å². The van der Waals surface area contributed by atoms with Gasteiger partial charge in [0.15, 0.2) is 0 Å². The molecule has 0 radical (unpaired) electrons. The Hall–Kier alpha value is -1.24. The van der Waals surface area contributed by atoms with Gasteiger partial charge in [0.1, 0.15) is 5.82 Å². The van der Waals surface area contributed by atoms with Crippen molar-refractivity contribution in [1.82, 2.24) is 10.2 Å². The summed E-state index contributed by atoms with van der Waals surface area (Å²) in [5.41, 5.74) is 0.305. The van der Waals surface area contributed by atoms with Crippen molar-refractivity contribution in [3.05, 3.63) is 39.7 Å². The molecular weight excluding hydrogens is 273 g/mol. The Morgan fingerprint density at radius 3 is 2.89 bits per heavy atom. The van der Waals surface area contributed by atoms with Crippen molar-refractivity contribution >= 4 is 18.1 Å². The second-order valence-electron chi connectivity index (χ2n) is 4.56. The SMILES string of the molecule is C[C@H]1CNCCN1Cc1ccc([N+](=O)[O-])cc1F.Cl. The van der Waals surface area contributed by atoms with Gasteiger partial charge in [-0.1, -0.05) is 0 Å². The third-order valence-electron chi connectivity index (χ3n) is 3.26. The van der Waals surface area contributed by atoms with E-state index in [0.717, 1.165) is 25.7 Å². The molecule has 0 unspecified atom stereocenters. The van der Waals surface area contributed by atoms with Crippen molar-refractivity contribution in [2.45, 2.75) is 19.5 Å². The maximum Gasteiger partial charge on any atom is 0.272 e. The number of nitrogens with zero attached hydrogens (tertiary/aromatic N) is 2. The van der Waals surface area contributed by atoms with E-state index in [0.29, 0.717) is 18.2 Å². The molecule has 1 N–H and O–H groups in total. The fourth-order valence-electron chi connectivity index (χ4n) is 2.11. The molecule has 0 saturated carbocycles. The lowest BCUT2D eigenvalue weighted by molar-refractivity contribution is -0.385. The van der Waals surface area contributed by atoms with Crippen molar-refractivity contribution in [3.8, 4) is 0 Å². The van der Waals surface area contributed by atoms with Crippen molar-refractivity contribution < 1.29 is 9.31 Å². The van der Waals surface area contributed by atoms with Gasteiger partial charge in [0.25, 0.3) is 5.69 Å². The highest BCUT2D eigenvalue weighted by Gasteiger charge is 2.20. The third-order valence-corrected chi connectivity index (χ3v) is 3.26. The number of nitrogens with one attached hydrogen (secondary N) is 1. The van der Waals surface area contributed by atoms with Gasteiger partial charge in [-0.05, 0) is 13.0 Å². The van der Waals surface area contributed by atoms with Gasteiger partial charge in [0.05, 0.1) is 11.0 Å². The van der Waals surface area contributed by atoms with Crippen LogP contribution in [0, 0.1) is 15.9 Å². The molecule has 1 aromatic carbocycles. The zero-order chi connectivity index (χ0) is 13.1. The van der Waals surface area contributed by atoms with Crippen LogP contribution in [0.25, 0.3) is 0 Å². The van der Waals surface area contributed by atoms with Gasteiger partial charge >= 0.3 is 0 Å². The van der Waals surface area contributed by atoms with E-state index in [1.165, 1.54) is 12.1 Å². The van der Waals surface area contributed by atoms with Gasteiger partial charge in [-0.3, -0.25) is 15.0 Å². The van der Waals surface area contributed by atoms with Crippen LogP contribution in [0.3, 0.4) is 0 Å². The predicted molar refractivity (Wildman–Crippen MR) is 73.0 cm³/mol. The van der Waals surface area contributed by atoms with E-state index < -0.39 is 10.7 Å². The molecule has 1 saturated heterocycles. The third kappa shape index (κ3) is 3.86. The van der Waals surface area contributed by atoms with Crippen LogP contribution in [0.1, 0.15) is 12.5 Å². The van der Waals surface area contributed by atoms with Gasteiger partial charge in [-0.25, -0.2) is 4.39 Å². The summed E-state index contributed by atoms with van der Waals surface area (Å²) in [7, 11) is 0. The van der Waals surface area contributed by atoms with Gasteiger partial charge in [-0.2, -0.15) is 0 Å². The van der Waals surface area contributed by atoms with Gasteiger partial charge in [-0.15, -0.1) is 12.4 Å². The van der Waals surface area contributed by atoms with Gasteiger partial charge in [0, 0.05) is 43.9 Å². The van der Waals surface area contributed by atoms with Gasteiger partial charge < -0.3 is 5.32 Å². The molecule has 1 fully saturated rings. The summed E-state index contributed by atoms with van der Waals surface area (Å²) in [5.74, 6) is -0.505. The van der Waals surface area contributed by atoms with E-state index in [1.807, 2.05) is 0 Å². The Bertz CT molecular complexity index is 459. The molecule has 0 bridgehead atoms. The highest BCUT2D eigenvalue weighted by molar-refractivity contribution is 5.85. The number of rotatable bonds is 3. The quantitative estimate of drug-likeness (QED) is 0.682. The molecule has 1 aromatic rings. The Balaban J connectivity index is 0.00000180. The number of benzene rings is 1. The van der Waals surface area contributed by atoms with E-state index in [4.69, 9.17) is 0 Å². The molecule has 0 amide bonds. The molecule has 1 aliphatic rings. The lowest BCUT2D eigenvalue weighted by atomic mass is 10.1. The fourth-order valence-corrected chi connectivity index (χ4v) is 2.11. The van der Waals surface area contributed by atoms with Crippen molar-refractivity contribution in [3.63, 3.8) is 0 Å². The van der Waals surface area contributed by atoms with E-state index in [9.17, 15) is 14.5 Å². The normalized spacial score (nSPS) is 19.8. The number of piperazine rings is 1. The summed E-state index contributed by atoms with van der Waals surface area (Å²) in [6.45, 7) is 5.20. The number of nitro groups is 1. The van der Waals surface area contributed by atoms with Crippen LogP contribution in [0.2, 0.25) is 0 Å². The Morgan fingerprint density at radius 1 is 1.58 bits per heavy atom. The molecular formula is C12H17ClFN3O2. The highest BCUT2D eigenvalue weighted by atomic mass is 35.5. The van der Waals surface area contributed by atoms with Crippen LogP contribution < -0.4 is 5.32 Å². The number of hydrogen-bond acceptors (Lipinski definition) is 4. The summed E-state index contributed by atoms with van der Waals surface area (Å²) in [6.07, 6.45) is 0. The molecule has 1 aliphatic heterocycles. The summed E-state index contributed by atoms with van der Waals surface area (Å²) < 4.78 is 13.7. The van der Waals surface area contributed by atoms with Crippen LogP contribution in [0.15, 0.2) is 18.2 Å². The van der Waals surface area contributed by atoms with Crippen molar-refractivity contribution in [1.29, 1.82) is 0 Å². The van der Waals surface area contributed by atoms with Crippen molar-refractivity contribution in [2.75, 3.05) is 19.6 Å². The Morgan fingerprint density at radius 2 is 2.32 bits per heavy atom. The first-order valence-electron chi connectivity index (χ1n) is 5.95. The summed E-state index contributed by atoms with van der Waals surface area (Å²) >= 11 is 0. The molecule has 19 heavy (non-hydrogen) atoms. The molecule has 0 aromatic heterocycles. The standard InChI is InChI=1S/C12H16FN3O2.ClH/c1-9-7-14-4-5-15(9)8-10-2-3-11(16(17)18)6-12(10)13;/h2-3,6,9,14H,4-5,7-8H2,1H3;1H/t9-;/m0./s1. The largest absolute Gasteiger partial charge is 0.314 e. The Kier molecular flexibility index (Phi) is 5.65. The number of non-ortho nitro benzene ring substituents is 1. The zero-order valence-corrected chi connectivity index (χ0v) is 11.5. The minimum Gasteiger partial charge on any atom is -0.314 e. The minimum absolute atomic E-state index is 0. The zero-order valence-electron chi connectivity index (χ0n) is 10.6. The van der Waals surface area contributed by atoms with Crippen LogP contribution in [0.5, 0.6) is 0 Å². The van der Waals surface area contributed by atoms with Crippen molar-refractivity contribution in [2.24, 2.45) is 0 Å². The van der Waals surface area contributed by atoms with Crippen LogP contribution >= 0.6 is 12.4 Å². The smallest absolute Gasteiger partial charge is 0.272 e. The molecule has 0 spiro atoms. The molecule has 106 valence electrons. The van der Waals surface area contributed by atoms with Crippen LogP contribution in [-0.2, 0) is 6.54 Å². The Labute approximate surface area is 117 Å². The first-order chi connectivity index (χ1) is 8.58.